The molecule has 0 saturated carbocycles. The van der Waals surface area contributed by atoms with Crippen LogP contribution in [0.2, 0.25) is 5.02 Å². The fourth-order valence-electron chi connectivity index (χ4n) is 2.62. The molecule has 0 spiro atoms. The zero-order valence-corrected chi connectivity index (χ0v) is 16.0. The number of rotatable bonds is 7. The first-order valence-electron chi connectivity index (χ1n) is 8.16. The molecule has 1 saturated heterocycles. The van der Waals surface area contributed by atoms with Crippen molar-refractivity contribution in [1.29, 1.82) is 0 Å². The first-order valence-corrected chi connectivity index (χ1v) is 10.0. The van der Waals surface area contributed by atoms with Gasteiger partial charge >= 0.3 is 0 Å². The number of ether oxygens (including phenoxy) is 1. The molecule has 8 nitrogen and oxygen atoms in total. The van der Waals surface area contributed by atoms with E-state index in [1.54, 1.807) is 13.8 Å². The second-order valence-corrected chi connectivity index (χ2v) is 8.63. The zero-order valence-electron chi connectivity index (χ0n) is 14.4. The van der Waals surface area contributed by atoms with Crippen molar-refractivity contribution in [2.45, 2.75) is 55.6 Å². The van der Waals surface area contributed by atoms with Crippen LogP contribution >= 0.6 is 11.6 Å². The lowest BCUT2D eigenvalue weighted by Crippen LogP contribution is -2.40. The molecule has 2 rings (SSSR count). The summed E-state index contributed by atoms with van der Waals surface area (Å²) in [6.07, 6.45) is -4.59. The number of hydrogen-bond donors (Lipinski definition) is 4. The number of halogens is 1. The Hall–Kier alpha value is -1.23. The SMILES string of the molecule is CC(C)NC(=O)C[C@@H]1O[C@H](CNS(=O)(=O)c2ccc(Cl)cc2)[C@@H](O)[C@H]1O. The molecule has 0 aliphatic carbocycles. The maximum Gasteiger partial charge on any atom is 0.240 e. The smallest absolute Gasteiger partial charge is 0.240 e. The van der Waals surface area contributed by atoms with E-state index in [0.29, 0.717) is 5.02 Å². The van der Waals surface area contributed by atoms with Crippen LogP contribution in [-0.4, -0.2) is 61.5 Å². The highest BCUT2D eigenvalue weighted by molar-refractivity contribution is 7.89. The van der Waals surface area contributed by atoms with Gasteiger partial charge in [-0.05, 0) is 38.1 Å². The van der Waals surface area contributed by atoms with E-state index in [1.165, 1.54) is 24.3 Å². The third-order valence-electron chi connectivity index (χ3n) is 3.90. The lowest BCUT2D eigenvalue weighted by molar-refractivity contribution is -0.125. The summed E-state index contributed by atoms with van der Waals surface area (Å²) in [6.45, 7) is 3.35. The Morgan fingerprint density at radius 2 is 1.77 bits per heavy atom. The van der Waals surface area contributed by atoms with Gasteiger partial charge in [0.15, 0.2) is 0 Å². The quantitative estimate of drug-likeness (QED) is 0.506. The maximum atomic E-state index is 12.3. The van der Waals surface area contributed by atoms with Crippen LogP contribution in [0.3, 0.4) is 0 Å². The molecule has 1 aromatic rings. The Bertz CT molecular complexity index is 725. The van der Waals surface area contributed by atoms with Crippen molar-refractivity contribution in [3.63, 3.8) is 0 Å². The molecular formula is C16H23ClN2O6S. The van der Waals surface area contributed by atoms with Gasteiger partial charge in [0.25, 0.3) is 0 Å². The summed E-state index contributed by atoms with van der Waals surface area (Å²) >= 11 is 5.74. The number of hydrogen-bond acceptors (Lipinski definition) is 6. The van der Waals surface area contributed by atoms with Crippen molar-refractivity contribution in [3.8, 4) is 0 Å². The third kappa shape index (κ3) is 5.38. The van der Waals surface area contributed by atoms with Crippen molar-refractivity contribution in [2.24, 2.45) is 0 Å². The molecule has 1 aliphatic heterocycles. The molecule has 1 aliphatic rings. The van der Waals surface area contributed by atoms with Gasteiger partial charge in [0.1, 0.15) is 18.3 Å². The molecule has 4 N–H and O–H groups in total. The van der Waals surface area contributed by atoms with Gasteiger partial charge in [0.05, 0.1) is 17.4 Å². The molecule has 4 atom stereocenters. The monoisotopic (exact) mass is 406 g/mol. The minimum Gasteiger partial charge on any atom is -0.388 e. The topological polar surface area (TPSA) is 125 Å². The predicted octanol–water partition coefficient (Wildman–Crippen LogP) is 0.0222. The molecule has 10 heteroatoms. The molecule has 1 amide bonds. The summed E-state index contributed by atoms with van der Waals surface area (Å²) in [5.41, 5.74) is 0. The van der Waals surface area contributed by atoms with E-state index in [-0.39, 0.29) is 29.8 Å². The predicted molar refractivity (Wildman–Crippen MR) is 95.2 cm³/mol. The lowest BCUT2D eigenvalue weighted by Gasteiger charge is -2.16. The van der Waals surface area contributed by atoms with Crippen LogP contribution in [0.25, 0.3) is 0 Å². The number of aliphatic hydroxyl groups is 2. The molecule has 0 bridgehead atoms. The van der Waals surface area contributed by atoms with Gasteiger partial charge in [-0.1, -0.05) is 11.6 Å². The highest BCUT2D eigenvalue weighted by atomic mass is 35.5. The first kappa shape index (κ1) is 21.1. The normalized spacial score (nSPS) is 26.2. The van der Waals surface area contributed by atoms with Crippen LogP contribution < -0.4 is 10.0 Å². The summed E-state index contributed by atoms with van der Waals surface area (Å²) in [4.78, 5) is 11.8. The molecule has 146 valence electrons. The van der Waals surface area contributed by atoms with Gasteiger partial charge in [-0.25, -0.2) is 13.1 Å². The van der Waals surface area contributed by atoms with E-state index in [0.717, 1.165) is 0 Å². The average molecular weight is 407 g/mol. The standard InChI is InChI=1S/C16H23ClN2O6S/c1-9(2)19-14(20)7-12-15(21)16(22)13(25-12)8-18-26(23,24)11-5-3-10(17)4-6-11/h3-6,9,12-13,15-16,18,21-22H,7-8H2,1-2H3,(H,19,20)/t12-,13+,15-,16+/m0/s1. The zero-order chi connectivity index (χ0) is 19.5. The average Bonchev–Trinajstić information content (AvgIpc) is 2.80. The Morgan fingerprint density at radius 1 is 1.19 bits per heavy atom. The second-order valence-electron chi connectivity index (χ2n) is 6.43. The highest BCUT2D eigenvalue weighted by Gasteiger charge is 2.43. The number of amides is 1. The Labute approximate surface area is 157 Å². The Morgan fingerprint density at radius 3 is 2.35 bits per heavy atom. The van der Waals surface area contributed by atoms with Gasteiger partial charge in [0.2, 0.25) is 15.9 Å². The number of benzene rings is 1. The number of carbonyl (C=O) groups is 1. The Kier molecular flexibility index (Phi) is 7.00. The van der Waals surface area contributed by atoms with Crippen molar-refractivity contribution in [1.82, 2.24) is 10.0 Å². The van der Waals surface area contributed by atoms with Crippen LogP contribution in [0.1, 0.15) is 20.3 Å². The number of sulfonamides is 1. The summed E-state index contributed by atoms with van der Waals surface area (Å²) < 4.78 is 32.3. The molecule has 1 aromatic carbocycles. The minimum atomic E-state index is -3.82. The van der Waals surface area contributed by atoms with Crippen LogP contribution in [-0.2, 0) is 19.6 Å². The van der Waals surface area contributed by atoms with Crippen molar-refractivity contribution < 1.29 is 28.2 Å². The number of aliphatic hydroxyl groups excluding tert-OH is 2. The molecule has 1 heterocycles. The van der Waals surface area contributed by atoms with E-state index < -0.39 is 34.4 Å². The lowest BCUT2D eigenvalue weighted by atomic mass is 10.1. The number of nitrogens with one attached hydrogen (secondary N) is 2. The molecular weight excluding hydrogens is 384 g/mol. The van der Waals surface area contributed by atoms with Gasteiger partial charge in [-0.15, -0.1) is 0 Å². The fraction of sp³-hybridized carbons (Fsp3) is 0.562. The van der Waals surface area contributed by atoms with E-state index in [4.69, 9.17) is 16.3 Å². The van der Waals surface area contributed by atoms with E-state index in [2.05, 4.69) is 10.0 Å². The molecule has 0 radical (unpaired) electrons. The fourth-order valence-corrected chi connectivity index (χ4v) is 3.79. The van der Waals surface area contributed by atoms with Crippen molar-refractivity contribution >= 4 is 27.5 Å². The Balaban J connectivity index is 1.95. The number of carbonyl (C=O) groups excluding carboxylic acids is 1. The van der Waals surface area contributed by atoms with Crippen molar-refractivity contribution in [2.75, 3.05) is 6.54 Å². The van der Waals surface area contributed by atoms with Crippen LogP contribution in [0.15, 0.2) is 29.2 Å². The summed E-state index contributed by atoms with van der Waals surface area (Å²) in [5, 5.41) is 23.2. The van der Waals surface area contributed by atoms with Gasteiger partial charge in [-0.2, -0.15) is 0 Å². The van der Waals surface area contributed by atoms with Crippen LogP contribution in [0.4, 0.5) is 0 Å². The second kappa shape index (κ2) is 8.64. The summed E-state index contributed by atoms with van der Waals surface area (Å²) in [5.74, 6) is -0.321. The van der Waals surface area contributed by atoms with E-state index in [1.807, 2.05) is 0 Å². The maximum absolute atomic E-state index is 12.3. The van der Waals surface area contributed by atoms with Gasteiger partial charge in [-0.3, -0.25) is 4.79 Å². The third-order valence-corrected chi connectivity index (χ3v) is 5.59. The summed E-state index contributed by atoms with van der Waals surface area (Å²) in [7, 11) is -3.82. The van der Waals surface area contributed by atoms with Crippen LogP contribution in [0.5, 0.6) is 0 Å². The van der Waals surface area contributed by atoms with E-state index in [9.17, 15) is 23.4 Å². The van der Waals surface area contributed by atoms with Gasteiger partial charge < -0.3 is 20.3 Å². The molecule has 26 heavy (non-hydrogen) atoms. The molecule has 0 aromatic heterocycles. The highest BCUT2D eigenvalue weighted by Crippen LogP contribution is 2.24. The largest absolute Gasteiger partial charge is 0.388 e. The first-order chi connectivity index (χ1) is 12.1. The minimum absolute atomic E-state index is 0.0165. The van der Waals surface area contributed by atoms with Crippen LogP contribution in [0, 0.1) is 0 Å². The molecule has 1 fully saturated rings. The van der Waals surface area contributed by atoms with Gasteiger partial charge in [0, 0.05) is 17.6 Å². The summed E-state index contributed by atoms with van der Waals surface area (Å²) in [6, 6.07) is 5.54. The van der Waals surface area contributed by atoms with E-state index >= 15 is 0 Å². The molecule has 0 unspecified atom stereocenters. The van der Waals surface area contributed by atoms with Crippen molar-refractivity contribution in [3.05, 3.63) is 29.3 Å².